The molecule has 3 heteroatoms. The normalized spacial score (nSPS) is 25.7. The van der Waals surface area contributed by atoms with Crippen molar-refractivity contribution in [3.05, 3.63) is 23.3 Å². The zero-order chi connectivity index (χ0) is 11.5. The Morgan fingerprint density at radius 1 is 1.25 bits per heavy atom. The summed E-state index contributed by atoms with van der Waals surface area (Å²) in [6, 6.07) is 1.86. The summed E-state index contributed by atoms with van der Waals surface area (Å²) >= 11 is 0. The molecular weight excluding hydrogens is 200 g/mol. The molecule has 1 fully saturated rings. The Balaban J connectivity index is 2.16. The van der Waals surface area contributed by atoms with E-state index in [9.17, 15) is 0 Å². The molecule has 0 unspecified atom stereocenters. The van der Waals surface area contributed by atoms with Crippen molar-refractivity contribution in [1.82, 2.24) is 9.97 Å². The van der Waals surface area contributed by atoms with E-state index in [0.29, 0.717) is 5.92 Å². The molecule has 1 aromatic heterocycles. The molecule has 3 nitrogen and oxygen atoms in total. The number of aliphatic hydroxyl groups is 1. The van der Waals surface area contributed by atoms with Crippen LogP contribution in [0.1, 0.15) is 55.7 Å². The van der Waals surface area contributed by atoms with E-state index in [4.69, 9.17) is 5.11 Å². The van der Waals surface area contributed by atoms with E-state index in [2.05, 4.69) is 16.9 Å². The molecule has 0 spiro atoms. The summed E-state index contributed by atoms with van der Waals surface area (Å²) in [5, 5.41) is 9.14. The molecule has 88 valence electrons. The lowest BCUT2D eigenvalue weighted by Crippen LogP contribution is -2.14. The molecule has 1 aromatic rings. The molecule has 1 N–H and O–H groups in total. The van der Waals surface area contributed by atoms with E-state index in [0.717, 1.165) is 23.1 Å². The van der Waals surface area contributed by atoms with Gasteiger partial charge in [0.15, 0.2) is 0 Å². The quantitative estimate of drug-likeness (QED) is 0.833. The average Bonchev–Trinajstić information content (AvgIpc) is 2.29. The number of aryl methyl sites for hydroxylation is 1. The van der Waals surface area contributed by atoms with Gasteiger partial charge in [0.2, 0.25) is 0 Å². The zero-order valence-electron chi connectivity index (χ0n) is 10.1. The van der Waals surface area contributed by atoms with Crippen LogP contribution in [0, 0.1) is 12.8 Å². The fourth-order valence-corrected chi connectivity index (χ4v) is 2.44. The fraction of sp³-hybridized carbons (Fsp3) is 0.692. The molecule has 0 aliphatic heterocycles. The van der Waals surface area contributed by atoms with Gasteiger partial charge in [-0.2, -0.15) is 0 Å². The molecule has 0 radical (unpaired) electrons. The van der Waals surface area contributed by atoms with Gasteiger partial charge in [0, 0.05) is 11.6 Å². The van der Waals surface area contributed by atoms with Crippen LogP contribution < -0.4 is 0 Å². The minimum Gasteiger partial charge on any atom is -0.390 e. The van der Waals surface area contributed by atoms with Crippen LogP contribution in [0.3, 0.4) is 0 Å². The number of aromatic nitrogens is 2. The van der Waals surface area contributed by atoms with Crippen LogP contribution in [0.5, 0.6) is 0 Å². The zero-order valence-corrected chi connectivity index (χ0v) is 10.1. The van der Waals surface area contributed by atoms with Crippen molar-refractivity contribution in [3.63, 3.8) is 0 Å². The van der Waals surface area contributed by atoms with Crippen molar-refractivity contribution in [2.75, 3.05) is 0 Å². The Labute approximate surface area is 96.9 Å². The van der Waals surface area contributed by atoms with Crippen molar-refractivity contribution in [2.45, 2.75) is 52.1 Å². The van der Waals surface area contributed by atoms with E-state index in [1.807, 2.05) is 13.0 Å². The average molecular weight is 220 g/mol. The minimum atomic E-state index is 0.0134. The fourth-order valence-electron chi connectivity index (χ4n) is 2.44. The molecule has 0 amide bonds. The Morgan fingerprint density at radius 3 is 2.56 bits per heavy atom. The van der Waals surface area contributed by atoms with Gasteiger partial charge >= 0.3 is 0 Å². The Kier molecular flexibility index (Phi) is 3.54. The smallest absolute Gasteiger partial charge is 0.132 e. The molecule has 1 saturated carbocycles. The summed E-state index contributed by atoms with van der Waals surface area (Å²) in [6.07, 6.45) is 4.93. The highest BCUT2D eigenvalue weighted by molar-refractivity contribution is 5.12. The van der Waals surface area contributed by atoms with Crippen LogP contribution in [0.15, 0.2) is 6.07 Å². The molecule has 0 saturated heterocycles. The van der Waals surface area contributed by atoms with Crippen molar-refractivity contribution >= 4 is 0 Å². The van der Waals surface area contributed by atoms with Crippen LogP contribution in [0.4, 0.5) is 0 Å². The summed E-state index contributed by atoms with van der Waals surface area (Å²) in [6.45, 7) is 4.29. The van der Waals surface area contributed by atoms with Gasteiger partial charge in [-0.15, -0.1) is 0 Å². The van der Waals surface area contributed by atoms with E-state index in [-0.39, 0.29) is 6.61 Å². The van der Waals surface area contributed by atoms with Crippen molar-refractivity contribution in [2.24, 2.45) is 5.92 Å². The van der Waals surface area contributed by atoms with Crippen molar-refractivity contribution in [3.8, 4) is 0 Å². The van der Waals surface area contributed by atoms with Crippen LogP contribution in [0.2, 0.25) is 0 Å². The van der Waals surface area contributed by atoms with Gasteiger partial charge in [-0.1, -0.05) is 19.8 Å². The minimum absolute atomic E-state index is 0.0134. The van der Waals surface area contributed by atoms with Gasteiger partial charge in [0.05, 0.1) is 12.3 Å². The molecular formula is C13H20N2O. The topological polar surface area (TPSA) is 46.0 Å². The monoisotopic (exact) mass is 220 g/mol. The highest BCUT2D eigenvalue weighted by Gasteiger charge is 2.22. The van der Waals surface area contributed by atoms with Crippen LogP contribution >= 0.6 is 0 Å². The second-order valence-electron chi connectivity index (χ2n) is 4.97. The molecule has 1 aliphatic rings. The lowest BCUT2D eigenvalue weighted by atomic mass is 9.82. The third-order valence-corrected chi connectivity index (χ3v) is 3.47. The van der Waals surface area contributed by atoms with Crippen LogP contribution in [-0.4, -0.2) is 15.1 Å². The number of nitrogens with zero attached hydrogens (tertiary/aromatic N) is 2. The Morgan fingerprint density at radius 2 is 1.94 bits per heavy atom. The lowest BCUT2D eigenvalue weighted by Gasteiger charge is -2.25. The predicted octanol–water partition coefficient (Wildman–Crippen LogP) is 2.57. The molecule has 16 heavy (non-hydrogen) atoms. The maximum absolute atomic E-state index is 9.14. The van der Waals surface area contributed by atoms with Gasteiger partial charge in [0.25, 0.3) is 0 Å². The first-order valence-corrected chi connectivity index (χ1v) is 6.14. The SMILES string of the molecule is Cc1cc(CO)nc(C2CCC(C)CC2)n1. The molecule has 0 atom stereocenters. The third-order valence-electron chi connectivity index (χ3n) is 3.47. The first kappa shape index (κ1) is 11.5. The largest absolute Gasteiger partial charge is 0.390 e. The first-order chi connectivity index (χ1) is 7.69. The number of rotatable bonds is 2. The summed E-state index contributed by atoms with van der Waals surface area (Å²) in [7, 11) is 0. The highest BCUT2D eigenvalue weighted by atomic mass is 16.3. The number of hydrogen-bond acceptors (Lipinski definition) is 3. The maximum Gasteiger partial charge on any atom is 0.132 e. The van der Waals surface area contributed by atoms with Gasteiger partial charge < -0.3 is 5.11 Å². The molecule has 1 heterocycles. The van der Waals surface area contributed by atoms with Crippen molar-refractivity contribution < 1.29 is 5.11 Å². The van der Waals surface area contributed by atoms with Crippen LogP contribution in [0.25, 0.3) is 0 Å². The second kappa shape index (κ2) is 4.91. The van der Waals surface area contributed by atoms with E-state index in [1.165, 1.54) is 25.7 Å². The Hall–Kier alpha value is -0.960. The molecule has 1 aliphatic carbocycles. The van der Waals surface area contributed by atoms with E-state index < -0.39 is 0 Å². The van der Waals surface area contributed by atoms with Crippen LogP contribution in [-0.2, 0) is 6.61 Å². The number of aliphatic hydroxyl groups excluding tert-OH is 1. The lowest BCUT2D eigenvalue weighted by molar-refractivity contribution is 0.274. The second-order valence-corrected chi connectivity index (χ2v) is 4.97. The molecule has 0 bridgehead atoms. The van der Waals surface area contributed by atoms with Gasteiger partial charge in [0.1, 0.15) is 5.82 Å². The standard InChI is InChI=1S/C13H20N2O/c1-9-3-5-11(6-4-9)13-14-10(2)7-12(8-16)15-13/h7,9,11,16H,3-6,8H2,1-2H3. The van der Waals surface area contributed by atoms with Gasteiger partial charge in [-0.05, 0) is 31.7 Å². The predicted molar refractivity (Wildman–Crippen MR) is 63.1 cm³/mol. The molecule has 2 rings (SSSR count). The van der Waals surface area contributed by atoms with E-state index in [1.54, 1.807) is 0 Å². The van der Waals surface area contributed by atoms with Gasteiger partial charge in [-0.25, -0.2) is 9.97 Å². The van der Waals surface area contributed by atoms with Gasteiger partial charge in [-0.3, -0.25) is 0 Å². The summed E-state index contributed by atoms with van der Waals surface area (Å²) in [4.78, 5) is 8.95. The first-order valence-electron chi connectivity index (χ1n) is 6.14. The number of hydrogen-bond donors (Lipinski definition) is 1. The molecule has 0 aromatic carbocycles. The maximum atomic E-state index is 9.14. The summed E-state index contributed by atoms with van der Waals surface area (Å²) in [5.74, 6) is 2.29. The summed E-state index contributed by atoms with van der Waals surface area (Å²) in [5.41, 5.74) is 1.72. The summed E-state index contributed by atoms with van der Waals surface area (Å²) < 4.78 is 0. The van der Waals surface area contributed by atoms with E-state index >= 15 is 0 Å². The van der Waals surface area contributed by atoms with Crippen molar-refractivity contribution in [1.29, 1.82) is 0 Å². The highest BCUT2D eigenvalue weighted by Crippen LogP contribution is 2.33. The Bertz CT molecular complexity index is 357. The third kappa shape index (κ3) is 2.59.